The lowest BCUT2D eigenvalue weighted by Gasteiger charge is -2.14. The summed E-state index contributed by atoms with van der Waals surface area (Å²) in [4.78, 5) is 0. The Hall–Kier alpha value is -2.01. The summed E-state index contributed by atoms with van der Waals surface area (Å²) < 4.78 is 27.8. The van der Waals surface area contributed by atoms with Gasteiger partial charge in [0.25, 0.3) is 0 Å². The molecule has 2 rings (SSSR count). The van der Waals surface area contributed by atoms with Crippen molar-refractivity contribution in [2.24, 2.45) is 5.14 Å². The van der Waals surface area contributed by atoms with E-state index in [9.17, 15) is 23.7 Å². The lowest BCUT2D eigenvalue weighted by molar-refractivity contribution is 0.126. The highest BCUT2D eigenvalue weighted by molar-refractivity contribution is 7.89. The minimum Gasteiger partial charge on any atom is -0.508 e. The average Bonchev–Trinajstić information content (AvgIpc) is 2.89. The van der Waals surface area contributed by atoms with E-state index in [0.29, 0.717) is 24.1 Å². The van der Waals surface area contributed by atoms with E-state index >= 15 is 0 Å². The largest absolute Gasteiger partial charge is 0.508 e. The number of nitrogens with one attached hydrogen (secondary N) is 1. The molecule has 0 amide bonds. The molecular weight excluding hydrogens is 504 g/mol. The highest BCUT2D eigenvalue weighted by Gasteiger charge is 2.10. The first-order chi connectivity index (χ1) is 18.3. The molecule has 2 aromatic carbocycles. The number of sulfonamides is 1. The molecule has 0 radical (unpaired) electrons. The summed E-state index contributed by atoms with van der Waals surface area (Å²) >= 11 is 0. The maximum absolute atomic E-state index is 11.0. The molecule has 0 saturated carbocycles. The molecule has 0 heterocycles. The molecule has 38 heavy (non-hydrogen) atoms. The smallest absolute Gasteiger partial charge is 0.209 e. The van der Waals surface area contributed by atoms with Gasteiger partial charge in [0.15, 0.2) is 0 Å². The van der Waals surface area contributed by atoms with E-state index < -0.39 is 16.1 Å². The molecule has 9 heteroatoms. The molecular formula is C29H46N2O6S. The molecule has 8 nitrogen and oxygen atoms in total. The van der Waals surface area contributed by atoms with E-state index in [2.05, 4.69) is 29.6 Å². The molecule has 0 aliphatic rings. The maximum atomic E-state index is 11.0. The second-order valence-electron chi connectivity index (χ2n) is 9.89. The van der Waals surface area contributed by atoms with E-state index in [1.54, 1.807) is 12.1 Å². The fourth-order valence-electron chi connectivity index (χ4n) is 4.31. The molecule has 0 aliphatic carbocycles. The number of rotatable bonds is 21. The maximum Gasteiger partial charge on any atom is 0.209 e. The Morgan fingerprint density at radius 1 is 0.868 bits per heavy atom. The summed E-state index contributed by atoms with van der Waals surface area (Å²) in [6.07, 6.45) is 9.06. The number of unbranched alkanes of at least 4 members (excludes halogenated alkanes) is 5. The van der Waals surface area contributed by atoms with Gasteiger partial charge in [0.2, 0.25) is 10.0 Å². The number of hydrogen-bond donors (Lipinski definition) is 5. The summed E-state index contributed by atoms with van der Waals surface area (Å²) in [7, 11) is -3.36. The molecule has 0 spiro atoms. The van der Waals surface area contributed by atoms with Gasteiger partial charge in [-0.1, -0.05) is 43.2 Å². The van der Waals surface area contributed by atoms with Gasteiger partial charge in [-0.3, -0.25) is 0 Å². The van der Waals surface area contributed by atoms with Crippen molar-refractivity contribution in [3.05, 3.63) is 64.7 Å². The van der Waals surface area contributed by atoms with Crippen molar-refractivity contribution in [3.8, 4) is 5.75 Å². The van der Waals surface area contributed by atoms with Gasteiger partial charge in [-0.2, -0.15) is 0 Å². The zero-order valence-electron chi connectivity index (χ0n) is 22.5. The highest BCUT2D eigenvalue weighted by atomic mass is 32.2. The Morgan fingerprint density at radius 2 is 1.53 bits per heavy atom. The van der Waals surface area contributed by atoms with Crippen LogP contribution in [0.2, 0.25) is 0 Å². The van der Waals surface area contributed by atoms with E-state index in [1.165, 1.54) is 17.2 Å². The number of aliphatic hydroxyl groups excluding tert-OH is 2. The van der Waals surface area contributed by atoms with Crippen LogP contribution < -0.4 is 10.5 Å². The van der Waals surface area contributed by atoms with Crippen LogP contribution in [0.25, 0.3) is 0 Å². The molecule has 214 valence electrons. The van der Waals surface area contributed by atoms with Crippen LogP contribution in [-0.2, 0) is 34.2 Å². The molecule has 0 saturated heterocycles. The third-order valence-electron chi connectivity index (χ3n) is 6.53. The average molecular weight is 551 g/mol. The zero-order chi connectivity index (χ0) is 27.6. The first kappa shape index (κ1) is 32.2. The van der Waals surface area contributed by atoms with Crippen LogP contribution in [0.4, 0.5) is 0 Å². The van der Waals surface area contributed by atoms with Crippen molar-refractivity contribution < 1.29 is 28.5 Å². The van der Waals surface area contributed by atoms with Crippen LogP contribution in [0, 0.1) is 0 Å². The number of primary sulfonamides is 1. The minimum absolute atomic E-state index is 0.0386. The van der Waals surface area contributed by atoms with Crippen molar-refractivity contribution in [2.75, 3.05) is 32.1 Å². The quantitative estimate of drug-likeness (QED) is 0.149. The highest BCUT2D eigenvalue weighted by Crippen LogP contribution is 2.22. The Morgan fingerprint density at radius 3 is 2.21 bits per heavy atom. The van der Waals surface area contributed by atoms with Gasteiger partial charge in [-0.25, -0.2) is 13.6 Å². The number of aromatic hydroxyl groups is 1. The SMILES string of the molecule is NS(=O)(=O)CCCCc1cccc(CCCCOCCCCCCNC[C@H](O)c2ccc(O)c(CO)c2)c1. The first-order valence-electron chi connectivity index (χ1n) is 13.8. The topological polar surface area (TPSA) is 142 Å². The Balaban J connectivity index is 1.42. The number of ether oxygens (including phenoxy) is 1. The molecule has 0 aliphatic heterocycles. The van der Waals surface area contributed by atoms with Crippen LogP contribution >= 0.6 is 0 Å². The third kappa shape index (κ3) is 14.2. The van der Waals surface area contributed by atoms with Gasteiger partial charge in [0.1, 0.15) is 5.75 Å². The lowest BCUT2D eigenvalue weighted by Crippen LogP contribution is -2.22. The standard InChI is InChI=1S/C29H46N2O6S/c30-38(35,36)19-8-4-11-25-13-9-12-24(20-25)10-3-7-18-37-17-6-2-1-5-16-31-22-29(34)26-14-15-28(33)27(21-26)23-32/h9,12-15,20-21,29,31-34H,1-8,10-11,16-19,22-23H2,(H2,30,35,36)/t29-/m0/s1. The van der Waals surface area contributed by atoms with Gasteiger partial charge in [0, 0.05) is 25.3 Å². The Kier molecular flexibility index (Phi) is 15.5. The summed E-state index contributed by atoms with van der Waals surface area (Å²) in [6.45, 7) is 2.58. The molecule has 0 aromatic heterocycles. The second-order valence-corrected chi connectivity index (χ2v) is 11.6. The van der Waals surface area contributed by atoms with Crippen LogP contribution in [0.5, 0.6) is 5.75 Å². The van der Waals surface area contributed by atoms with Gasteiger partial charge in [-0.05, 0) is 86.7 Å². The summed E-state index contributed by atoms with van der Waals surface area (Å²) in [5, 5.41) is 37.4. The van der Waals surface area contributed by atoms with Crippen molar-refractivity contribution in [1.82, 2.24) is 5.32 Å². The fourth-order valence-corrected chi connectivity index (χ4v) is 4.92. The zero-order valence-corrected chi connectivity index (χ0v) is 23.3. The Bertz CT molecular complexity index is 1030. The number of benzene rings is 2. The van der Waals surface area contributed by atoms with Crippen molar-refractivity contribution in [2.45, 2.75) is 76.9 Å². The van der Waals surface area contributed by atoms with Crippen LogP contribution in [0.1, 0.15) is 79.7 Å². The minimum atomic E-state index is -3.36. The predicted molar refractivity (Wildman–Crippen MR) is 151 cm³/mol. The molecule has 0 fully saturated rings. The van der Waals surface area contributed by atoms with E-state index in [-0.39, 0.29) is 18.1 Å². The van der Waals surface area contributed by atoms with E-state index in [0.717, 1.165) is 77.5 Å². The van der Waals surface area contributed by atoms with Crippen LogP contribution in [-0.4, -0.2) is 55.8 Å². The van der Waals surface area contributed by atoms with Crippen molar-refractivity contribution >= 4 is 10.0 Å². The molecule has 6 N–H and O–H groups in total. The van der Waals surface area contributed by atoms with Crippen LogP contribution in [0.15, 0.2) is 42.5 Å². The summed E-state index contributed by atoms with van der Waals surface area (Å²) in [5.74, 6) is 0.0860. The van der Waals surface area contributed by atoms with E-state index in [1.807, 2.05) is 0 Å². The predicted octanol–water partition coefficient (Wildman–Crippen LogP) is 3.72. The number of aryl methyl sites for hydroxylation is 2. The van der Waals surface area contributed by atoms with Crippen LogP contribution in [0.3, 0.4) is 0 Å². The van der Waals surface area contributed by atoms with Gasteiger partial charge in [0.05, 0.1) is 18.5 Å². The molecule has 1 atom stereocenters. The van der Waals surface area contributed by atoms with Gasteiger partial charge in [-0.15, -0.1) is 0 Å². The fraction of sp³-hybridized carbons (Fsp3) is 0.586. The number of phenols is 1. The normalized spacial score (nSPS) is 12.6. The Labute approximate surface area is 228 Å². The summed E-state index contributed by atoms with van der Waals surface area (Å²) in [6, 6.07) is 13.3. The number of hydrogen-bond acceptors (Lipinski definition) is 7. The second kappa shape index (κ2) is 18.3. The lowest BCUT2D eigenvalue weighted by atomic mass is 10.0. The number of nitrogens with two attached hydrogens (primary N) is 1. The van der Waals surface area contributed by atoms with Crippen molar-refractivity contribution in [1.29, 1.82) is 0 Å². The van der Waals surface area contributed by atoms with Crippen molar-refractivity contribution in [3.63, 3.8) is 0 Å². The third-order valence-corrected chi connectivity index (χ3v) is 7.39. The van der Waals surface area contributed by atoms with Gasteiger partial charge < -0.3 is 25.4 Å². The molecule has 2 aromatic rings. The van der Waals surface area contributed by atoms with E-state index in [4.69, 9.17) is 9.88 Å². The molecule has 0 unspecified atom stereocenters. The monoisotopic (exact) mass is 550 g/mol. The molecule has 0 bridgehead atoms. The first-order valence-corrected chi connectivity index (χ1v) is 15.5. The van der Waals surface area contributed by atoms with Gasteiger partial charge >= 0.3 is 0 Å². The summed E-state index contributed by atoms with van der Waals surface area (Å²) in [5.41, 5.74) is 3.66. The number of aliphatic hydroxyl groups is 2.